The van der Waals surface area contributed by atoms with Gasteiger partial charge in [-0.1, -0.05) is 66.7 Å². The highest BCUT2D eigenvalue weighted by Gasteiger charge is 2.59. The molecule has 2 aromatic rings. The Kier molecular flexibility index (Phi) is 3.25. The Morgan fingerprint density at radius 2 is 1.33 bits per heavy atom. The second-order valence-corrected chi connectivity index (χ2v) is 9.61. The van der Waals surface area contributed by atoms with Crippen molar-refractivity contribution in [3.8, 4) is 0 Å². The first-order valence-electron chi connectivity index (χ1n) is 8.09. The van der Waals surface area contributed by atoms with Crippen LogP contribution < -0.4 is 0 Å². The van der Waals surface area contributed by atoms with Gasteiger partial charge < -0.3 is 0 Å². The first-order valence-corrected chi connectivity index (χ1v) is 10.6. The summed E-state index contributed by atoms with van der Waals surface area (Å²) in [4.78, 5) is 0. The molecule has 3 aliphatic heterocycles. The minimum absolute atomic E-state index is 0.0292. The summed E-state index contributed by atoms with van der Waals surface area (Å²) in [5, 5.41) is 1.75. The van der Waals surface area contributed by atoms with Gasteiger partial charge >= 0.3 is 0 Å². The Balaban J connectivity index is 1.63. The number of rotatable bonds is 2. The van der Waals surface area contributed by atoms with Crippen LogP contribution in [0.1, 0.15) is 11.1 Å². The van der Waals surface area contributed by atoms with Gasteiger partial charge in [-0.2, -0.15) is 0 Å². The summed E-state index contributed by atoms with van der Waals surface area (Å²) in [6, 6.07) is 20.3. The van der Waals surface area contributed by atoms with E-state index in [1.807, 2.05) is 41.8 Å². The van der Waals surface area contributed by atoms with Gasteiger partial charge in [-0.05, 0) is 22.3 Å². The normalized spacial score (nSPS) is 36.3. The predicted molar refractivity (Wildman–Crippen MR) is 100.0 cm³/mol. The van der Waals surface area contributed by atoms with Crippen molar-refractivity contribution in [3.63, 3.8) is 0 Å². The summed E-state index contributed by atoms with van der Waals surface area (Å²) < 4.78 is 25.7. The summed E-state index contributed by atoms with van der Waals surface area (Å²) in [6.07, 6.45) is 2.12. The van der Waals surface area contributed by atoms with E-state index < -0.39 is 21.6 Å². The molecule has 6 atom stereocenters. The molecule has 0 aromatic heterocycles. The van der Waals surface area contributed by atoms with Gasteiger partial charge in [0.2, 0.25) is 0 Å². The number of fused-ring (bicyclic) bond motifs is 5. The van der Waals surface area contributed by atoms with Gasteiger partial charge in [-0.25, -0.2) is 0 Å². The van der Waals surface area contributed by atoms with Crippen molar-refractivity contribution in [1.29, 1.82) is 0 Å². The third kappa shape index (κ3) is 1.93. The van der Waals surface area contributed by atoms with Gasteiger partial charge in [0.15, 0.2) is 0 Å². The largest absolute Gasteiger partial charge is 0.258 e. The van der Waals surface area contributed by atoms with E-state index in [0.29, 0.717) is 0 Å². The Morgan fingerprint density at radius 1 is 0.750 bits per heavy atom. The molecule has 0 spiro atoms. The zero-order valence-corrected chi connectivity index (χ0v) is 14.5. The molecule has 1 saturated heterocycles. The topological polar surface area (TPSA) is 34.1 Å². The molecule has 3 aliphatic rings. The monoisotopic (exact) mass is 352 g/mol. The number of allylic oxidation sites excluding steroid dienone is 1. The molecule has 24 heavy (non-hydrogen) atoms. The van der Waals surface area contributed by atoms with Crippen molar-refractivity contribution in [3.05, 3.63) is 83.3 Å². The smallest absolute Gasteiger partial charge is 0.0693 e. The fraction of sp³-hybridized carbons (Fsp3) is 0.200. The average Bonchev–Trinajstić information content (AvgIpc) is 3.24. The van der Waals surface area contributed by atoms with Gasteiger partial charge in [0.1, 0.15) is 0 Å². The maximum absolute atomic E-state index is 13.0. The summed E-state index contributed by atoms with van der Waals surface area (Å²) in [6.45, 7) is 0. The Hall–Kier alpha value is -1.78. The zero-order chi connectivity index (χ0) is 16.3. The van der Waals surface area contributed by atoms with Crippen molar-refractivity contribution < 1.29 is 8.42 Å². The van der Waals surface area contributed by atoms with Crippen LogP contribution in [0.5, 0.6) is 0 Å². The lowest BCUT2D eigenvalue weighted by molar-refractivity contribution is 0.645. The quantitative estimate of drug-likeness (QED) is 0.830. The van der Waals surface area contributed by atoms with Crippen LogP contribution in [0.15, 0.2) is 72.1 Å². The molecular weight excluding hydrogens is 336 g/mol. The second-order valence-electron chi connectivity index (χ2n) is 6.46. The van der Waals surface area contributed by atoms with Gasteiger partial charge in [0.25, 0.3) is 0 Å². The van der Waals surface area contributed by atoms with E-state index in [2.05, 4.69) is 30.3 Å². The standard InChI is InChI=1S/C20H16O2S2/c21-23-12-16(14-9-5-2-6-10-14)18-19-15(13-7-3-1-4-8-13)11-17(20(18)23)24(19)22/h1-12,17-20H/t17?,18-,19+,20+,23+,24?/m1/s1. The molecule has 0 radical (unpaired) electrons. The molecule has 120 valence electrons. The molecular formula is C20H16O2S2. The molecule has 5 rings (SSSR count). The van der Waals surface area contributed by atoms with E-state index in [4.69, 9.17) is 0 Å². The van der Waals surface area contributed by atoms with E-state index in [9.17, 15) is 8.42 Å². The number of hydrogen-bond acceptors (Lipinski definition) is 2. The SMILES string of the molecule is O=S1C2C=C(c3ccccc3)[C@H]1[C@H]1C(c3ccccc3)=C[S@](=O)[C@@H]21. The van der Waals surface area contributed by atoms with Crippen molar-refractivity contribution >= 4 is 32.7 Å². The molecule has 2 aromatic carbocycles. The molecule has 4 heteroatoms. The molecule has 2 bridgehead atoms. The van der Waals surface area contributed by atoms with Crippen LogP contribution in [-0.2, 0) is 21.6 Å². The Labute approximate surface area is 146 Å². The van der Waals surface area contributed by atoms with Crippen LogP contribution >= 0.6 is 0 Å². The van der Waals surface area contributed by atoms with Gasteiger partial charge in [0, 0.05) is 22.1 Å². The fourth-order valence-electron chi connectivity index (χ4n) is 4.26. The summed E-state index contributed by atoms with van der Waals surface area (Å²) >= 11 is 0. The Morgan fingerprint density at radius 3 is 1.96 bits per heavy atom. The van der Waals surface area contributed by atoms with E-state index >= 15 is 0 Å². The lowest BCUT2D eigenvalue weighted by Crippen LogP contribution is -2.30. The minimum Gasteiger partial charge on any atom is -0.258 e. The molecule has 0 aliphatic carbocycles. The lowest BCUT2D eigenvalue weighted by atomic mass is 9.79. The molecule has 1 fully saturated rings. The maximum Gasteiger partial charge on any atom is 0.0693 e. The highest BCUT2D eigenvalue weighted by Crippen LogP contribution is 2.55. The summed E-state index contributed by atoms with van der Waals surface area (Å²) in [7, 11) is -2.03. The van der Waals surface area contributed by atoms with Gasteiger partial charge in [-0.3, -0.25) is 8.42 Å². The van der Waals surface area contributed by atoms with E-state index in [-0.39, 0.29) is 21.7 Å². The third-order valence-electron chi connectivity index (χ3n) is 5.26. The van der Waals surface area contributed by atoms with Crippen LogP contribution in [0, 0.1) is 5.92 Å². The maximum atomic E-state index is 13.0. The predicted octanol–water partition coefficient (Wildman–Crippen LogP) is 3.37. The van der Waals surface area contributed by atoms with Gasteiger partial charge in [-0.15, -0.1) is 0 Å². The molecule has 2 unspecified atom stereocenters. The summed E-state index contributed by atoms with van der Waals surface area (Å²) in [5.41, 5.74) is 4.53. The van der Waals surface area contributed by atoms with Crippen molar-refractivity contribution in [2.24, 2.45) is 5.92 Å². The molecule has 0 saturated carbocycles. The van der Waals surface area contributed by atoms with Crippen LogP contribution in [0.2, 0.25) is 0 Å². The van der Waals surface area contributed by atoms with Crippen molar-refractivity contribution in [2.45, 2.75) is 15.7 Å². The molecule has 0 amide bonds. The zero-order valence-electron chi connectivity index (χ0n) is 12.9. The average molecular weight is 352 g/mol. The Bertz CT molecular complexity index is 915. The summed E-state index contributed by atoms with van der Waals surface area (Å²) in [5.74, 6) is 0.0965. The van der Waals surface area contributed by atoms with E-state index in [1.165, 1.54) is 5.57 Å². The number of benzene rings is 2. The van der Waals surface area contributed by atoms with Crippen molar-refractivity contribution in [2.75, 3.05) is 0 Å². The highest BCUT2D eigenvalue weighted by atomic mass is 32.2. The van der Waals surface area contributed by atoms with Crippen LogP contribution in [-0.4, -0.2) is 24.2 Å². The second kappa shape index (κ2) is 5.36. The minimum atomic E-state index is -1.05. The van der Waals surface area contributed by atoms with Gasteiger partial charge in [0.05, 0.1) is 26.5 Å². The number of hydrogen-bond donors (Lipinski definition) is 0. The van der Waals surface area contributed by atoms with Crippen LogP contribution in [0.4, 0.5) is 0 Å². The fourth-order valence-corrected chi connectivity index (χ4v) is 8.77. The molecule has 3 heterocycles. The molecule has 0 N–H and O–H groups in total. The van der Waals surface area contributed by atoms with E-state index in [0.717, 1.165) is 16.7 Å². The van der Waals surface area contributed by atoms with E-state index in [1.54, 1.807) is 0 Å². The van der Waals surface area contributed by atoms with Crippen LogP contribution in [0.3, 0.4) is 0 Å². The van der Waals surface area contributed by atoms with Crippen molar-refractivity contribution in [1.82, 2.24) is 0 Å². The lowest BCUT2D eigenvalue weighted by Gasteiger charge is -2.25. The first-order chi connectivity index (χ1) is 11.8. The van der Waals surface area contributed by atoms with Crippen LogP contribution in [0.25, 0.3) is 11.1 Å². The first kappa shape index (κ1) is 14.6. The highest BCUT2D eigenvalue weighted by molar-refractivity contribution is 7.93. The third-order valence-corrected chi connectivity index (χ3v) is 9.05. The molecule has 2 nitrogen and oxygen atoms in total.